The van der Waals surface area contributed by atoms with Crippen molar-refractivity contribution in [3.63, 3.8) is 0 Å². The molecule has 1 aromatic rings. The number of anilines is 1. The Labute approximate surface area is 95.6 Å². The summed E-state index contributed by atoms with van der Waals surface area (Å²) < 4.78 is 4.36. The number of esters is 1. The summed E-state index contributed by atoms with van der Waals surface area (Å²) in [7, 11) is 2.75. The number of carbonyl (C=O) groups is 2. The van der Waals surface area contributed by atoms with E-state index in [1.807, 2.05) is 0 Å². The van der Waals surface area contributed by atoms with Gasteiger partial charge in [0.1, 0.15) is 16.3 Å². The van der Waals surface area contributed by atoms with Crippen LogP contribution >= 0.6 is 11.3 Å². The van der Waals surface area contributed by atoms with Crippen molar-refractivity contribution in [3.05, 3.63) is 23.0 Å². The molecule has 0 aromatic carbocycles. The van der Waals surface area contributed by atoms with Gasteiger partial charge in [0, 0.05) is 7.05 Å². The van der Waals surface area contributed by atoms with Crippen LogP contribution < -0.4 is 5.32 Å². The Morgan fingerprint density at radius 2 is 2.31 bits per heavy atom. The van der Waals surface area contributed by atoms with Crippen LogP contribution in [0.25, 0.3) is 0 Å². The van der Waals surface area contributed by atoms with E-state index in [9.17, 15) is 9.59 Å². The van der Waals surface area contributed by atoms with E-state index in [1.54, 1.807) is 7.05 Å². The predicted octanol–water partition coefficient (Wildman–Crippen LogP) is 0.982. The highest BCUT2D eigenvalue weighted by atomic mass is 32.1. The van der Waals surface area contributed by atoms with Crippen molar-refractivity contribution in [2.24, 2.45) is 0 Å². The Balaban J connectivity index is 3.06. The van der Waals surface area contributed by atoms with Crippen molar-refractivity contribution in [2.75, 3.05) is 19.5 Å². The number of aliphatic hydroxyl groups is 1. The highest BCUT2D eigenvalue weighted by Crippen LogP contribution is 2.22. The van der Waals surface area contributed by atoms with Gasteiger partial charge in [0.15, 0.2) is 0 Å². The molecule has 0 radical (unpaired) electrons. The molecule has 0 spiro atoms. The molecule has 0 amide bonds. The molecule has 0 saturated carbocycles. The predicted molar refractivity (Wildman–Crippen MR) is 58.7 cm³/mol. The van der Waals surface area contributed by atoms with Crippen molar-refractivity contribution >= 4 is 28.1 Å². The molecule has 1 rings (SSSR count). The molecule has 0 aliphatic rings. The fourth-order valence-electron chi connectivity index (χ4n) is 1.03. The number of rotatable bonds is 4. The third-order valence-corrected chi connectivity index (χ3v) is 2.63. The highest BCUT2D eigenvalue weighted by molar-refractivity contribution is 7.14. The molecule has 86 valence electrons. The minimum absolute atomic E-state index is 0.0817. The Hall–Kier alpha value is -1.89. The zero-order valence-corrected chi connectivity index (χ0v) is 9.50. The van der Waals surface area contributed by atoms with Crippen molar-refractivity contribution < 1.29 is 19.4 Å². The highest BCUT2D eigenvalue weighted by Gasteiger charge is 2.25. The van der Waals surface area contributed by atoms with Gasteiger partial charge in [-0.25, -0.2) is 9.78 Å². The fourth-order valence-corrected chi connectivity index (χ4v) is 1.67. The smallest absolute Gasteiger partial charge is 0.345 e. The van der Waals surface area contributed by atoms with Gasteiger partial charge in [-0.2, -0.15) is 0 Å². The second-order valence-electron chi connectivity index (χ2n) is 2.64. The maximum Gasteiger partial charge on any atom is 0.345 e. The quantitative estimate of drug-likeness (QED) is 0.204. The van der Waals surface area contributed by atoms with Crippen LogP contribution in [0.3, 0.4) is 0 Å². The molecule has 1 heterocycles. The topological polar surface area (TPSA) is 88.5 Å². The number of ketones is 1. The Bertz CT molecular complexity index is 438. The average Bonchev–Trinajstić information content (AvgIpc) is 2.77. The maximum absolute atomic E-state index is 11.8. The minimum Gasteiger partial charge on any atom is -0.515 e. The van der Waals surface area contributed by atoms with Gasteiger partial charge in [0.05, 0.1) is 18.9 Å². The molecule has 16 heavy (non-hydrogen) atoms. The lowest BCUT2D eigenvalue weighted by atomic mass is 10.1. The summed E-state index contributed by atoms with van der Waals surface area (Å²) in [5, 5.41) is 12.1. The number of aromatic nitrogens is 1. The molecule has 0 aliphatic carbocycles. The molecule has 0 fully saturated rings. The number of nitrogens with zero attached hydrogens (tertiary/aromatic N) is 1. The van der Waals surface area contributed by atoms with Crippen LogP contribution in [0.4, 0.5) is 5.00 Å². The monoisotopic (exact) mass is 242 g/mol. The summed E-state index contributed by atoms with van der Waals surface area (Å²) >= 11 is 1.22. The van der Waals surface area contributed by atoms with Gasteiger partial charge in [-0.3, -0.25) is 4.79 Å². The molecule has 0 unspecified atom stereocenters. The Morgan fingerprint density at radius 3 is 2.81 bits per heavy atom. The van der Waals surface area contributed by atoms with E-state index in [0.717, 1.165) is 7.11 Å². The van der Waals surface area contributed by atoms with E-state index in [2.05, 4.69) is 15.0 Å². The largest absolute Gasteiger partial charge is 0.515 e. The molecule has 0 atom stereocenters. The van der Waals surface area contributed by atoms with E-state index in [0.29, 0.717) is 11.3 Å². The fraction of sp³-hybridized carbons (Fsp3) is 0.222. The second-order valence-corrected chi connectivity index (χ2v) is 3.50. The van der Waals surface area contributed by atoms with E-state index in [1.165, 1.54) is 16.8 Å². The Kier molecular flexibility index (Phi) is 4.01. The molecular weight excluding hydrogens is 232 g/mol. The van der Waals surface area contributed by atoms with Crippen LogP contribution in [0, 0.1) is 0 Å². The van der Waals surface area contributed by atoms with Crippen molar-refractivity contribution in [2.45, 2.75) is 0 Å². The SMILES string of the molecule is CNc1scnc1C(=O)C(=CO)C(=O)OC. The number of Topliss-reactive ketones (excluding diaryl/α,β-unsaturated/α-hetero) is 1. The number of ether oxygens (including phenoxy) is 1. The lowest BCUT2D eigenvalue weighted by Crippen LogP contribution is -2.16. The van der Waals surface area contributed by atoms with Gasteiger partial charge >= 0.3 is 5.97 Å². The van der Waals surface area contributed by atoms with E-state index < -0.39 is 17.3 Å². The number of thiazole rings is 1. The molecule has 0 aliphatic heterocycles. The molecular formula is C9H10N2O4S. The zero-order chi connectivity index (χ0) is 12.1. The van der Waals surface area contributed by atoms with Crippen LogP contribution in [-0.4, -0.2) is 36.0 Å². The molecule has 2 N–H and O–H groups in total. The number of aliphatic hydroxyl groups excluding tert-OH is 1. The van der Waals surface area contributed by atoms with Crippen LogP contribution in [0.5, 0.6) is 0 Å². The Morgan fingerprint density at radius 1 is 1.62 bits per heavy atom. The number of hydrogen-bond donors (Lipinski definition) is 2. The van der Waals surface area contributed by atoms with Gasteiger partial charge in [0.25, 0.3) is 0 Å². The van der Waals surface area contributed by atoms with Gasteiger partial charge in [-0.1, -0.05) is 0 Å². The first-order chi connectivity index (χ1) is 7.65. The van der Waals surface area contributed by atoms with Gasteiger partial charge in [0.2, 0.25) is 5.78 Å². The summed E-state index contributed by atoms with van der Waals surface area (Å²) in [5.74, 6) is -1.58. The lowest BCUT2D eigenvalue weighted by Gasteiger charge is -2.02. The summed E-state index contributed by atoms with van der Waals surface area (Å²) in [6.45, 7) is 0. The van der Waals surface area contributed by atoms with Gasteiger partial charge in [-0.15, -0.1) is 11.3 Å². The van der Waals surface area contributed by atoms with Crippen molar-refractivity contribution in [3.8, 4) is 0 Å². The summed E-state index contributed by atoms with van der Waals surface area (Å²) in [6.07, 6.45) is 0.424. The van der Waals surface area contributed by atoms with E-state index in [-0.39, 0.29) is 5.69 Å². The van der Waals surface area contributed by atoms with E-state index >= 15 is 0 Å². The first kappa shape index (κ1) is 12.2. The maximum atomic E-state index is 11.8. The van der Waals surface area contributed by atoms with Crippen LogP contribution in [0.1, 0.15) is 10.5 Å². The molecule has 0 saturated heterocycles. The van der Waals surface area contributed by atoms with Gasteiger partial charge in [-0.05, 0) is 0 Å². The van der Waals surface area contributed by atoms with Gasteiger partial charge < -0.3 is 15.2 Å². The average molecular weight is 242 g/mol. The third-order valence-electron chi connectivity index (χ3n) is 1.79. The van der Waals surface area contributed by atoms with Crippen molar-refractivity contribution in [1.29, 1.82) is 0 Å². The summed E-state index contributed by atoms with van der Waals surface area (Å²) in [5.41, 5.74) is 1.09. The first-order valence-corrected chi connectivity index (χ1v) is 5.12. The lowest BCUT2D eigenvalue weighted by molar-refractivity contribution is -0.135. The second kappa shape index (κ2) is 5.26. The third kappa shape index (κ3) is 2.19. The van der Waals surface area contributed by atoms with E-state index in [4.69, 9.17) is 5.11 Å². The zero-order valence-electron chi connectivity index (χ0n) is 8.68. The van der Waals surface area contributed by atoms with Crippen LogP contribution in [0.15, 0.2) is 17.3 Å². The number of nitrogens with one attached hydrogen (secondary N) is 1. The number of hydrogen-bond acceptors (Lipinski definition) is 7. The molecule has 7 heteroatoms. The number of methoxy groups -OCH3 is 1. The van der Waals surface area contributed by atoms with Crippen LogP contribution in [-0.2, 0) is 9.53 Å². The molecule has 6 nitrogen and oxygen atoms in total. The van der Waals surface area contributed by atoms with Crippen LogP contribution in [0.2, 0.25) is 0 Å². The normalized spacial score (nSPS) is 11.0. The summed E-state index contributed by atoms with van der Waals surface area (Å²) in [4.78, 5) is 26.8. The molecule has 0 bridgehead atoms. The standard InChI is InChI=1S/C9H10N2O4S/c1-10-8-6(11-4-16-8)7(13)5(3-12)9(14)15-2/h3-4,10,12H,1-2H3. The first-order valence-electron chi connectivity index (χ1n) is 4.24. The number of carbonyl (C=O) groups excluding carboxylic acids is 2. The van der Waals surface area contributed by atoms with Crippen molar-refractivity contribution in [1.82, 2.24) is 4.98 Å². The minimum atomic E-state index is -0.900. The summed E-state index contributed by atoms with van der Waals surface area (Å²) in [6, 6.07) is 0. The molecule has 1 aromatic heterocycles.